The average Bonchev–Trinajstić information content (AvgIpc) is 3.29. The highest BCUT2D eigenvalue weighted by molar-refractivity contribution is 6.34. The lowest BCUT2D eigenvalue weighted by Crippen LogP contribution is -2.43. The SMILES string of the molecule is Cc1ccc(C(=O)Cc2ccc(CN3CCN(C)CC3)c(C)c2)cc1C#CC1=CN=C2C=NC=CC12. The molecule has 1 unspecified atom stereocenters. The summed E-state index contributed by atoms with van der Waals surface area (Å²) in [5.41, 5.74) is 8.17. The molecule has 1 atom stereocenters. The van der Waals surface area contributed by atoms with Gasteiger partial charge in [-0.25, -0.2) is 0 Å². The molecule has 0 aliphatic carbocycles. The minimum absolute atomic E-state index is 0.0857. The van der Waals surface area contributed by atoms with Gasteiger partial charge in [0.25, 0.3) is 0 Å². The fourth-order valence-electron chi connectivity index (χ4n) is 4.79. The average molecular weight is 477 g/mol. The van der Waals surface area contributed by atoms with Gasteiger partial charge in [0.2, 0.25) is 0 Å². The van der Waals surface area contributed by atoms with E-state index in [2.05, 4.69) is 63.8 Å². The number of hydrogen-bond donors (Lipinski definition) is 0. The van der Waals surface area contributed by atoms with Crippen molar-refractivity contribution in [1.29, 1.82) is 0 Å². The Morgan fingerprint density at radius 1 is 1.03 bits per heavy atom. The summed E-state index contributed by atoms with van der Waals surface area (Å²) in [5, 5.41) is 0. The summed E-state index contributed by atoms with van der Waals surface area (Å²) in [6.07, 6.45) is 7.78. The van der Waals surface area contributed by atoms with Gasteiger partial charge in [0, 0.05) is 74.5 Å². The van der Waals surface area contributed by atoms with Crippen LogP contribution in [0.1, 0.15) is 38.2 Å². The Hall–Kier alpha value is -3.59. The fraction of sp³-hybridized carbons (Fsp3) is 0.323. The zero-order valence-electron chi connectivity index (χ0n) is 21.3. The van der Waals surface area contributed by atoms with Crippen LogP contribution in [-0.4, -0.2) is 60.7 Å². The molecule has 5 rings (SSSR count). The van der Waals surface area contributed by atoms with Gasteiger partial charge in [-0.05, 0) is 49.2 Å². The Labute approximate surface area is 213 Å². The number of aliphatic imine (C=N–C) groups is 2. The second-order valence-electron chi connectivity index (χ2n) is 9.96. The molecule has 5 nitrogen and oxygen atoms in total. The summed E-state index contributed by atoms with van der Waals surface area (Å²) < 4.78 is 0. The largest absolute Gasteiger partial charge is 0.304 e. The van der Waals surface area contributed by atoms with E-state index in [9.17, 15) is 4.79 Å². The molecule has 0 saturated carbocycles. The van der Waals surface area contributed by atoms with Gasteiger partial charge < -0.3 is 4.90 Å². The molecule has 1 fully saturated rings. The molecule has 0 bridgehead atoms. The predicted octanol–water partition coefficient (Wildman–Crippen LogP) is 4.38. The summed E-state index contributed by atoms with van der Waals surface area (Å²) in [7, 11) is 2.18. The molecular formula is C31H32N4O. The van der Waals surface area contributed by atoms with Crippen LogP contribution in [0.2, 0.25) is 0 Å². The first kappa shape index (κ1) is 24.1. The summed E-state index contributed by atoms with van der Waals surface area (Å²) >= 11 is 0. The molecule has 1 saturated heterocycles. The molecule has 3 heterocycles. The van der Waals surface area contributed by atoms with Gasteiger partial charge in [-0.15, -0.1) is 0 Å². The fourth-order valence-corrected chi connectivity index (χ4v) is 4.79. The number of benzene rings is 2. The normalized spacial score (nSPS) is 19.4. The van der Waals surface area contributed by atoms with Crippen LogP contribution in [0, 0.1) is 31.6 Å². The first-order chi connectivity index (χ1) is 17.5. The molecule has 0 radical (unpaired) electrons. The third kappa shape index (κ3) is 5.46. The van der Waals surface area contributed by atoms with Gasteiger partial charge >= 0.3 is 0 Å². The van der Waals surface area contributed by atoms with Crippen molar-refractivity contribution in [3.8, 4) is 11.8 Å². The monoisotopic (exact) mass is 476 g/mol. The van der Waals surface area contributed by atoms with Crippen molar-refractivity contribution in [2.45, 2.75) is 26.8 Å². The number of aryl methyl sites for hydroxylation is 2. The number of piperazine rings is 1. The van der Waals surface area contributed by atoms with Gasteiger partial charge in [-0.1, -0.05) is 48.2 Å². The summed E-state index contributed by atoms with van der Waals surface area (Å²) in [6, 6.07) is 12.3. The van der Waals surface area contributed by atoms with Crippen LogP contribution in [-0.2, 0) is 13.0 Å². The van der Waals surface area contributed by atoms with Gasteiger partial charge in [-0.3, -0.25) is 19.7 Å². The number of nitrogens with zero attached hydrogens (tertiary/aromatic N) is 4. The third-order valence-corrected chi connectivity index (χ3v) is 7.24. The van der Waals surface area contributed by atoms with E-state index in [-0.39, 0.29) is 11.7 Å². The van der Waals surface area contributed by atoms with E-state index in [1.54, 1.807) is 12.4 Å². The van der Waals surface area contributed by atoms with E-state index in [1.165, 1.54) is 11.1 Å². The number of Topliss-reactive ketones (excluding diaryl/α,β-unsaturated/α-hetero) is 1. The van der Waals surface area contributed by atoms with Gasteiger partial charge in [0.15, 0.2) is 5.78 Å². The van der Waals surface area contributed by atoms with Crippen molar-refractivity contribution in [2.75, 3.05) is 33.2 Å². The van der Waals surface area contributed by atoms with Crippen molar-refractivity contribution in [2.24, 2.45) is 15.9 Å². The number of allylic oxidation sites excluding steroid dienone is 2. The second-order valence-corrected chi connectivity index (χ2v) is 9.96. The Morgan fingerprint density at radius 2 is 1.86 bits per heavy atom. The number of hydrogen-bond acceptors (Lipinski definition) is 5. The highest BCUT2D eigenvalue weighted by Gasteiger charge is 2.21. The topological polar surface area (TPSA) is 48.3 Å². The maximum absolute atomic E-state index is 13.2. The number of ketones is 1. The summed E-state index contributed by atoms with van der Waals surface area (Å²) in [4.78, 5) is 26.6. The molecule has 2 aromatic carbocycles. The minimum atomic E-state index is 0.0857. The summed E-state index contributed by atoms with van der Waals surface area (Å²) in [6.45, 7) is 9.59. The van der Waals surface area contributed by atoms with Crippen LogP contribution in [0.25, 0.3) is 0 Å². The van der Waals surface area contributed by atoms with Crippen LogP contribution in [0.3, 0.4) is 0 Å². The van der Waals surface area contributed by atoms with Crippen molar-refractivity contribution >= 4 is 17.7 Å². The zero-order valence-corrected chi connectivity index (χ0v) is 21.3. The number of fused-ring (bicyclic) bond motifs is 1. The Bertz CT molecular complexity index is 1360. The highest BCUT2D eigenvalue weighted by Crippen LogP contribution is 2.23. The van der Waals surface area contributed by atoms with E-state index in [0.717, 1.165) is 60.7 Å². The Kier molecular flexibility index (Phi) is 7.09. The zero-order chi connectivity index (χ0) is 25.1. The third-order valence-electron chi connectivity index (χ3n) is 7.24. The molecule has 182 valence electrons. The molecule has 36 heavy (non-hydrogen) atoms. The number of carbonyl (C=O) groups excluding carboxylic acids is 1. The van der Waals surface area contributed by atoms with E-state index < -0.39 is 0 Å². The lowest BCUT2D eigenvalue weighted by molar-refractivity contribution is 0.0993. The first-order valence-corrected chi connectivity index (χ1v) is 12.6. The molecule has 0 amide bonds. The smallest absolute Gasteiger partial charge is 0.167 e. The molecular weight excluding hydrogens is 444 g/mol. The van der Waals surface area contributed by atoms with Crippen molar-refractivity contribution in [3.63, 3.8) is 0 Å². The quantitative estimate of drug-likeness (QED) is 0.475. The van der Waals surface area contributed by atoms with Crippen molar-refractivity contribution in [1.82, 2.24) is 9.80 Å². The van der Waals surface area contributed by atoms with Crippen LogP contribution < -0.4 is 0 Å². The maximum Gasteiger partial charge on any atom is 0.167 e. The van der Waals surface area contributed by atoms with Crippen LogP contribution in [0.4, 0.5) is 0 Å². The highest BCUT2D eigenvalue weighted by atomic mass is 16.1. The lowest BCUT2D eigenvalue weighted by atomic mass is 9.95. The van der Waals surface area contributed by atoms with Crippen molar-refractivity contribution in [3.05, 3.63) is 93.8 Å². The molecule has 0 aromatic heterocycles. The number of likely N-dealkylation sites (N-methyl/N-ethyl adjacent to an activating group) is 1. The van der Waals surface area contributed by atoms with Gasteiger partial charge in [0.1, 0.15) is 0 Å². The van der Waals surface area contributed by atoms with E-state index in [1.807, 2.05) is 37.4 Å². The molecule has 0 spiro atoms. The number of carbonyl (C=O) groups is 1. The van der Waals surface area contributed by atoms with Crippen LogP contribution in [0.15, 0.2) is 70.4 Å². The van der Waals surface area contributed by atoms with Gasteiger partial charge in [0.05, 0.1) is 11.6 Å². The predicted molar refractivity (Wildman–Crippen MR) is 147 cm³/mol. The lowest BCUT2D eigenvalue weighted by Gasteiger charge is -2.32. The van der Waals surface area contributed by atoms with E-state index in [4.69, 9.17) is 0 Å². The van der Waals surface area contributed by atoms with E-state index >= 15 is 0 Å². The van der Waals surface area contributed by atoms with Crippen LogP contribution in [0.5, 0.6) is 0 Å². The molecule has 0 N–H and O–H groups in total. The first-order valence-electron chi connectivity index (χ1n) is 12.6. The molecule has 2 aromatic rings. The van der Waals surface area contributed by atoms with E-state index in [0.29, 0.717) is 12.0 Å². The van der Waals surface area contributed by atoms with Gasteiger partial charge in [-0.2, -0.15) is 0 Å². The molecule has 3 aliphatic rings. The number of rotatable bonds is 5. The Morgan fingerprint density at radius 3 is 2.67 bits per heavy atom. The standard InChI is InChI=1S/C31H32N4O/c1-22-4-6-26(18-25(22)8-9-27-19-33-30-20-32-11-10-29(27)30)31(36)17-24-5-7-28(23(2)16-24)21-35-14-12-34(3)13-15-35/h4-7,10-11,16,18-20,29H,12-15,17,21H2,1-3H3. The van der Waals surface area contributed by atoms with Crippen LogP contribution >= 0.6 is 0 Å². The Balaban J connectivity index is 1.25. The molecule has 5 heteroatoms. The van der Waals surface area contributed by atoms with Crippen molar-refractivity contribution < 1.29 is 4.79 Å². The summed E-state index contributed by atoms with van der Waals surface area (Å²) in [5.74, 6) is 6.74. The maximum atomic E-state index is 13.2. The minimum Gasteiger partial charge on any atom is -0.304 e. The second kappa shape index (κ2) is 10.6. The molecule has 3 aliphatic heterocycles.